The summed E-state index contributed by atoms with van der Waals surface area (Å²) in [5.74, 6) is 0.699. The van der Waals surface area contributed by atoms with Gasteiger partial charge < -0.3 is 14.8 Å². The highest BCUT2D eigenvalue weighted by molar-refractivity contribution is 9.10. The molecule has 0 atom stereocenters. The van der Waals surface area contributed by atoms with Crippen LogP contribution in [-0.4, -0.2) is 34.3 Å². The molecule has 0 unspecified atom stereocenters. The Balaban J connectivity index is 2.12. The van der Waals surface area contributed by atoms with Crippen LogP contribution in [0.25, 0.3) is 0 Å². The van der Waals surface area contributed by atoms with Crippen LogP contribution in [0.2, 0.25) is 0 Å². The van der Waals surface area contributed by atoms with E-state index in [4.69, 9.17) is 9.47 Å². The fourth-order valence-electron chi connectivity index (χ4n) is 2.38. The topological polar surface area (TPSA) is 93.7 Å². The van der Waals surface area contributed by atoms with E-state index in [0.29, 0.717) is 33.8 Å². The van der Waals surface area contributed by atoms with Gasteiger partial charge >= 0.3 is 0 Å². The molecule has 146 valence electrons. The molecule has 2 N–H and O–H groups in total. The lowest BCUT2D eigenvalue weighted by atomic mass is 10.1. The number of carbonyl (C=O) groups is 1. The Morgan fingerprint density at radius 1 is 1.22 bits per heavy atom. The van der Waals surface area contributed by atoms with Gasteiger partial charge in [-0.25, -0.2) is 8.42 Å². The molecule has 0 aliphatic rings. The number of halogens is 1. The summed E-state index contributed by atoms with van der Waals surface area (Å²) in [6, 6.07) is 10.1. The molecule has 2 aromatic carbocycles. The fourth-order valence-corrected chi connectivity index (χ4v) is 3.49. The Bertz CT molecular complexity index is 931. The van der Waals surface area contributed by atoms with Gasteiger partial charge in [0.1, 0.15) is 0 Å². The molecule has 0 spiro atoms. The van der Waals surface area contributed by atoms with Crippen LogP contribution in [0, 0.1) is 0 Å². The van der Waals surface area contributed by atoms with Crippen molar-refractivity contribution in [1.29, 1.82) is 0 Å². The Kier molecular flexibility index (Phi) is 7.09. The second-order valence-corrected chi connectivity index (χ2v) is 8.28. The Morgan fingerprint density at radius 2 is 1.96 bits per heavy atom. The molecule has 0 aliphatic carbocycles. The van der Waals surface area contributed by atoms with Crippen LogP contribution in [0.5, 0.6) is 11.5 Å². The summed E-state index contributed by atoms with van der Waals surface area (Å²) >= 11 is 3.39. The third-order valence-corrected chi connectivity index (χ3v) is 4.66. The van der Waals surface area contributed by atoms with E-state index in [9.17, 15) is 13.2 Å². The van der Waals surface area contributed by atoms with Crippen LogP contribution < -0.4 is 19.5 Å². The van der Waals surface area contributed by atoms with Gasteiger partial charge in [-0.15, -0.1) is 0 Å². The van der Waals surface area contributed by atoms with Gasteiger partial charge in [-0.2, -0.15) is 0 Å². The fraction of sp³-hybridized carbons (Fsp3) is 0.278. The first-order chi connectivity index (χ1) is 12.7. The minimum atomic E-state index is -3.36. The molecule has 0 fully saturated rings. The van der Waals surface area contributed by atoms with Gasteiger partial charge in [0.15, 0.2) is 11.5 Å². The molecular formula is C18H21BrN2O5S. The molecule has 7 nitrogen and oxygen atoms in total. The van der Waals surface area contributed by atoms with Gasteiger partial charge in [0.25, 0.3) is 5.91 Å². The first kappa shape index (κ1) is 21.0. The number of anilines is 1. The van der Waals surface area contributed by atoms with E-state index < -0.39 is 10.0 Å². The van der Waals surface area contributed by atoms with Gasteiger partial charge in [-0.1, -0.05) is 12.1 Å². The molecule has 2 aromatic rings. The Hall–Kier alpha value is -2.26. The van der Waals surface area contributed by atoms with Crippen LogP contribution in [-0.2, 0) is 16.6 Å². The maximum Gasteiger partial charge on any atom is 0.251 e. The summed E-state index contributed by atoms with van der Waals surface area (Å²) in [7, 11) is -1.85. The SMILES string of the molecule is CCOc1c(Br)cc(C(=O)NCc2cccc(NS(C)(=O)=O)c2)cc1OC. The average Bonchev–Trinajstić information content (AvgIpc) is 2.60. The second-order valence-electron chi connectivity index (χ2n) is 5.68. The van der Waals surface area contributed by atoms with Crippen LogP contribution >= 0.6 is 15.9 Å². The van der Waals surface area contributed by atoms with Crippen molar-refractivity contribution >= 4 is 37.5 Å². The average molecular weight is 457 g/mol. The number of amides is 1. The van der Waals surface area contributed by atoms with Crippen molar-refractivity contribution in [3.8, 4) is 11.5 Å². The quantitative estimate of drug-likeness (QED) is 0.635. The lowest BCUT2D eigenvalue weighted by Crippen LogP contribution is -2.23. The third kappa shape index (κ3) is 6.14. The first-order valence-corrected chi connectivity index (χ1v) is 10.8. The molecule has 0 radical (unpaired) electrons. The zero-order valence-electron chi connectivity index (χ0n) is 15.2. The van der Waals surface area contributed by atoms with E-state index in [1.165, 1.54) is 7.11 Å². The molecule has 1 amide bonds. The van der Waals surface area contributed by atoms with Gasteiger partial charge in [-0.3, -0.25) is 9.52 Å². The molecule has 0 saturated heterocycles. The van der Waals surface area contributed by atoms with Gasteiger partial charge in [0.05, 0.1) is 24.4 Å². The van der Waals surface area contributed by atoms with E-state index in [1.54, 1.807) is 36.4 Å². The van der Waals surface area contributed by atoms with Crippen molar-refractivity contribution in [1.82, 2.24) is 5.32 Å². The van der Waals surface area contributed by atoms with Gasteiger partial charge in [0.2, 0.25) is 10.0 Å². The van der Waals surface area contributed by atoms with Crippen LogP contribution in [0.4, 0.5) is 5.69 Å². The third-order valence-electron chi connectivity index (χ3n) is 3.46. The highest BCUT2D eigenvalue weighted by atomic mass is 79.9. The summed E-state index contributed by atoms with van der Waals surface area (Å²) in [5, 5.41) is 2.80. The number of ether oxygens (including phenoxy) is 2. The number of sulfonamides is 1. The van der Waals surface area contributed by atoms with E-state index >= 15 is 0 Å². The zero-order chi connectivity index (χ0) is 20.0. The number of benzene rings is 2. The van der Waals surface area contributed by atoms with E-state index in [1.807, 2.05) is 6.92 Å². The predicted molar refractivity (Wildman–Crippen MR) is 108 cm³/mol. The number of nitrogens with one attached hydrogen (secondary N) is 2. The normalized spacial score (nSPS) is 11.0. The molecule has 0 bridgehead atoms. The number of rotatable bonds is 8. The summed E-state index contributed by atoms with van der Waals surface area (Å²) in [6.07, 6.45) is 1.08. The van der Waals surface area contributed by atoms with Crippen molar-refractivity contribution in [2.45, 2.75) is 13.5 Å². The lowest BCUT2D eigenvalue weighted by Gasteiger charge is -2.13. The summed E-state index contributed by atoms with van der Waals surface area (Å²) in [5.41, 5.74) is 1.61. The van der Waals surface area contributed by atoms with Crippen molar-refractivity contribution < 1.29 is 22.7 Å². The van der Waals surface area contributed by atoms with E-state index in [2.05, 4.69) is 26.0 Å². The molecular weight excluding hydrogens is 436 g/mol. The highest BCUT2D eigenvalue weighted by Crippen LogP contribution is 2.36. The second kappa shape index (κ2) is 9.09. The minimum Gasteiger partial charge on any atom is -0.493 e. The molecule has 2 rings (SSSR count). The predicted octanol–water partition coefficient (Wildman–Crippen LogP) is 3.16. The number of hydrogen-bond donors (Lipinski definition) is 2. The van der Waals surface area contributed by atoms with Crippen LogP contribution in [0.1, 0.15) is 22.8 Å². The monoisotopic (exact) mass is 456 g/mol. The van der Waals surface area contributed by atoms with E-state index in [0.717, 1.165) is 11.8 Å². The summed E-state index contributed by atoms with van der Waals surface area (Å²) in [6.45, 7) is 2.57. The molecule has 27 heavy (non-hydrogen) atoms. The van der Waals surface area contributed by atoms with Gasteiger partial charge in [-0.05, 0) is 52.7 Å². The first-order valence-electron chi connectivity index (χ1n) is 8.08. The number of methoxy groups -OCH3 is 1. The highest BCUT2D eigenvalue weighted by Gasteiger charge is 2.15. The van der Waals surface area contributed by atoms with Crippen molar-refractivity contribution in [2.24, 2.45) is 0 Å². The van der Waals surface area contributed by atoms with Crippen molar-refractivity contribution in [3.05, 3.63) is 52.0 Å². The van der Waals surface area contributed by atoms with Crippen molar-refractivity contribution in [2.75, 3.05) is 24.7 Å². The molecule has 0 aliphatic heterocycles. The van der Waals surface area contributed by atoms with Crippen LogP contribution in [0.15, 0.2) is 40.9 Å². The Morgan fingerprint density at radius 3 is 2.59 bits per heavy atom. The number of carbonyl (C=O) groups excluding carboxylic acids is 1. The maximum atomic E-state index is 12.5. The van der Waals surface area contributed by atoms with Crippen molar-refractivity contribution in [3.63, 3.8) is 0 Å². The summed E-state index contributed by atoms with van der Waals surface area (Å²) < 4.78 is 36.5. The lowest BCUT2D eigenvalue weighted by molar-refractivity contribution is 0.0950. The molecule has 0 aromatic heterocycles. The standard InChI is InChI=1S/C18H21BrN2O5S/c1-4-26-17-15(19)9-13(10-16(17)25-2)18(22)20-11-12-6-5-7-14(8-12)21-27(3,23)24/h5-10,21H,4,11H2,1-3H3,(H,20,22). The molecule has 0 heterocycles. The zero-order valence-corrected chi connectivity index (χ0v) is 17.6. The summed E-state index contributed by atoms with van der Waals surface area (Å²) in [4.78, 5) is 12.5. The molecule has 9 heteroatoms. The van der Waals surface area contributed by atoms with E-state index in [-0.39, 0.29) is 12.5 Å². The largest absolute Gasteiger partial charge is 0.493 e. The Labute approximate surface area is 167 Å². The molecule has 0 saturated carbocycles. The number of hydrogen-bond acceptors (Lipinski definition) is 5. The van der Waals surface area contributed by atoms with Crippen LogP contribution in [0.3, 0.4) is 0 Å². The minimum absolute atomic E-state index is 0.241. The smallest absolute Gasteiger partial charge is 0.251 e. The van der Waals surface area contributed by atoms with Gasteiger partial charge in [0, 0.05) is 17.8 Å². The maximum absolute atomic E-state index is 12.5.